The SMILES string of the molecule is Cc1ccc(CSc2nnc(-c3cc(C)n(C)n3)o2)cc1. The van der Waals surface area contributed by atoms with Gasteiger partial charge < -0.3 is 4.42 Å². The van der Waals surface area contributed by atoms with Gasteiger partial charge >= 0.3 is 0 Å². The monoisotopic (exact) mass is 300 g/mol. The fourth-order valence-electron chi connectivity index (χ4n) is 1.87. The number of hydrogen-bond acceptors (Lipinski definition) is 5. The summed E-state index contributed by atoms with van der Waals surface area (Å²) in [6.07, 6.45) is 0. The largest absolute Gasteiger partial charge is 0.410 e. The predicted octanol–water partition coefficient (Wildman–Crippen LogP) is 3.38. The average molecular weight is 300 g/mol. The van der Waals surface area contributed by atoms with Crippen LogP contribution in [-0.2, 0) is 12.8 Å². The summed E-state index contributed by atoms with van der Waals surface area (Å²) in [6, 6.07) is 10.4. The molecule has 6 heteroatoms. The lowest BCUT2D eigenvalue weighted by Gasteiger charge is -1.98. The number of thioether (sulfide) groups is 1. The van der Waals surface area contributed by atoms with E-state index in [-0.39, 0.29) is 0 Å². The minimum atomic E-state index is 0.463. The molecule has 0 spiro atoms. The molecule has 0 aliphatic carbocycles. The van der Waals surface area contributed by atoms with Gasteiger partial charge in [-0.3, -0.25) is 4.68 Å². The molecule has 2 aromatic heterocycles. The van der Waals surface area contributed by atoms with Gasteiger partial charge in [0.25, 0.3) is 11.1 Å². The second-order valence-electron chi connectivity index (χ2n) is 4.94. The first kappa shape index (κ1) is 13.9. The predicted molar refractivity (Wildman–Crippen MR) is 82.0 cm³/mol. The fraction of sp³-hybridized carbons (Fsp3) is 0.267. The van der Waals surface area contributed by atoms with Crippen LogP contribution < -0.4 is 0 Å². The molecule has 108 valence electrons. The zero-order valence-electron chi connectivity index (χ0n) is 12.2. The van der Waals surface area contributed by atoms with Crippen molar-refractivity contribution in [3.63, 3.8) is 0 Å². The van der Waals surface area contributed by atoms with Crippen LogP contribution in [0, 0.1) is 13.8 Å². The van der Waals surface area contributed by atoms with Gasteiger partial charge in [-0.05, 0) is 25.5 Å². The van der Waals surface area contributed by atoms with E-state index in [1.54, 1.807) is 4.68 Å². The maximum atomic E-state index is 5.65. The number of aromatic nitrogens is 4. The van der Waals surface area contributed by atoms with Crippen molar-refractivity contribution in [2.45, 2.75) is 24.8 Å². The molecule has 0 saturated heterocycles. The zero-order valence-corrected chi connectivity index (χ0v) is 13.0. The molecule has 0 unspecified atom stereocenters. The third-order valence-corrected chi connectivity index (χ3v) is 4.11. The molecule has 2 heterocycles. The highest BCUT2D eigenvalue weighted by molar-refractivity contribution is 7.98. The van der Waals surface area contributed by atoms with Crippen molar-refractivity contribution < 1.29 is 4.42 Å². The summed E-state index contributed by atoms with van der Waals surface area (Å²) in [5.74, 6) is 1.27. The highest BCUT2D eigenvalue weighted by Gasteiger charge is 2.12. The van der Waals surface area contributed by atoms with E-state index in [4.69, 9.17) is 4.42 Å². The van der Waals surface area contributed by atoms with Gasteiger partial charge in [0.1, 0.15) is 5.69 Å². The summed E-state index contributed by atoms with van der Waals surface area (Å²) in [4.78, 5) is 0. The summed E-state index contributed by atoms with van der Waals surface area (Å²) in [5, 5.41) is 13.0. The number of benzene rings is 1. The first-order chi connectivity index (χ1) is 10.1. The molecule has 3 aromatic rings. The Morgan fingerprint density at radius 2 is 1.90 bits per heavy atom. The Balaban J connectivity index is 1.69. The van der Waals surface area contributed by atoms with Crippen molar-refractivity contribution in [3.8, 4) is 11.6 Å². The highest BCUT2D eigenvalue weighted by atomic mass is 32.2. The minimum Gasteiger partial charge on any atom is -0.410 e. The number of aryl methyl sites for hydroxylation is 3. The van der Waals surface area contributed by atoms with Crippen LogP contribution in [0.4, 0.5) is 0 Å². The van der Waals surface area contributed by atoms with Crippen molar-refractivity contribution in [1.29, 1.82) is 0 Å². The first-order valence-corrected chi connectivity index (χ1v) is 7.63. The van der Waals surface area contributed by atoms with Crippen LogP contribution in [0.25, 0.3) is 11.6 Å². The molecule has 21 heavy (non-hydrogen) atoms. The van der Waals surface area contributed by atoms with E-state index in [9.17, 15) is 0 Å². The molecule has 0 atom stereocenters. The molecule has 0 N–H and O–H groups in total. The van der Waals surface area contributed by atoms with Crippen molar-refractivity contribution in [3.05, 3.63) is 47.2 Å². The number of rotatable bonds is 4. The van der Waals surface area contributed by atoms with Gasteiger partial charge in [-0.25, -0.2) is 0 Å². The van der Waals surface area contributed by atoms with Crippen LogP contribution in [0.15, 0.2) is 40.0 Å². The molecular formula is C15H16N4OS. The van der Waals surface area contributed by atoms with E-state index < -0.39 is 0 Å². The van der Waals surface area contributed by atoms with Crippen molar-refractivity contribution in [1.82, 2.24) is 20.0 Å². The number of hydrogen-bond donors (Lipinski definition) is 0. The molecule has 5 nitrogen and oxygen atoms in total. The van der Waals surface area contributed by atoms with Crippen LogP contribution in [-0.4, -0.2) is 20.0 Å². The van der Waals surface area contributed by atoms with Crippen LogP contribution >= 0.6 is 11.8 Å². The normalized spacial score (nSPS) is 11.0. The van der Waals surface area contributed by atoms with Gasteiger partial charge in [0.15, 0.2) is 0 Å². The summed E-state index contributed by atoms with van der Waals surface area (Å²) < 4.78 is 7.44. The molecular weight excluding hydrogens is 284 g/mol. The van der Waals surface area contributed by atoms with Gasteiger partial charge in [0.05, 0.1) is 0 Å². The first-order valence-electron chi connectivity index (χ1n) is 6.64. The Hall–Kier alpha value is -2.08. The maximum Gasteiger partial charge on any atom is 0.277 e. The lowest BCUT2D eigenvalue weighted by Crippen LogP contribution is -1.92. The Bertz CT molecular complexity index is 726. The third kappa shape index (κ3) is 3.16. The topological polar surface area (TPSA) is 56.7 Å². The second-order valence-corrected chi connectivity index (χ2v) is 5.87. The van der Waals surface area contributed by atoms with Crippen molar-refractivity contribution >= 4 is 11.8 Å². The highest BCUT2D eigenvalue weighted by Crippen LogP contribution is 2.25. The Morgan fingerprint density at radius 1 is 1.14 bits per heavy atom. The molecule has 0 saturated carbocycles. The van der Waals surface area contributed by atoms with Gasteiger partial charge in [-0.2, -0.15) is 5.10 Å². The maximum absolute atomic E-state index is 5.65. The Kier molecular flexibility index (Phi) is 3.79. The number of nitrogens with zero attached hydrogens (tertiary/aromatic N) is 4. The van der Waals surface area contributed by atoms with Gasteiger partial charge in [0.2, 0.25) is 0 Å². The Morgan fingerprint density at radius 3 is 2.57 bits per heavy atom. The summed E-state index contributed by atoms with van der Waals surface area (Å²) in [7, 11) is 1.89. The lowest BCUT2D eigenvalue weighted by atomic mass is 10.2. The van der Waals surface area contributed by atoms with E-state index in [0.717, 1.165) is 11.4 Å². The molecule has 0 aliphatic rings. The van der Waals surface area contributed by atoms with E-state index in [2.05, 4.69) is 46.5 Å². The Labute approximate surface area is 127 Å². The molecule has 0 bridgehead atoms. The summed E-state index contributed by atoms with van der Waals surface area (Å²) in [6.45, 7) is 4.07. The van der Waals surface area contributed by atoms with Gasteiger partial charge in [0, 0.05) is 18.5 Å². The molecule has 0 radical (unpaired) electrons. The molecule has 0 amide bonds. The molecule has 3 rings (SSSR count). The lowest BCUT2D eigenvalue weighted by molar-refractivity contribution is 0.464. The van der Waals surface area contributed by atoms with Gasteiger partial charge in [-0.1, -0.05) is 41.6 Å². The van der Waals surface area contributed by atoms with Crippen LogP contribution in [0.5, 0.6) is 0 Å². The van der Waals surface area contributed by atoms with Crippen LogP contribution in [0.2, 0.25) is 0 Å². The van der Waals surface area contributed by atoms with Crippen LogP contribution in [0.3, 0.4) is 0 Å². The van der Waals surface area contributed by atoms with Crippen LogP contribution in [0.1, 0.15) is 16.8 Å². The van der Waals surface area contributed by atoms with Crippen molar-refractivity contribution in [2.75, 3.05) is 0 Å². The average Bonchev–Trinajstić information content (AvgIpc) is 3.06. The van der Waals surface area contributed by atoms with Gasteiger partial charge in [-0.15, -0.1) is 10.2 Å². The van der Waals surface area contributed by atoms with E-state index in [0.29, 0.717) is 16.8 Å². The fourth-order valence-corrected chi connectivity index (χ4v) is 2.59. The quantitative estimate of drug-likeness (QED) is 0.691. The smallest absolute Gasteiger partial charge is 0.277 e. The summed E-state index contributed by atoms with van der Waals surface area (Å²) in [5.41, 5.74) is 4.26. The van der Waals surface area contributed by atoms with E-state index >= 15 is 0 Å². The molecule has 1 aromatic carbocycles. The minimum absolute atomic E-state index is 0.463. The van der Waals surface area contributed by atoms with E-state index in [1.165, 1.54) is 22.9 Å². The molecule has 0 fully saturated rings. The van der Waals surface area contributed by atoms with E-state index in [1.807, 2.05) is 20.0 Å². The van der Waals surface area contributed by atoms with Crippen molar-refractivity contribution in [2.24, 2.45) is 7.05 Å². The second kappa shape index (κ2) is 5.73. The molecule has 0 aliphatic heterocycles. The third-order valence-electron chi connectivity index (χ3n) is 3.22. The zero-order chi connectivity index (χ0) is 14.8. The standard InChI is InChI=1S/C15H16N4OS/c1-10-4-6-12(7-5-10)9-21-15-17-16-14(20-15)13-8-11(2)19(3)18-13/h4-8H,9H2,1-3H3. The summed E-state index contributed by atoms with van der Waals surface area (Å²) >= 11 is 1.53.